The zero-order valence-electron chi connectivity index (χ0n) is 14.6. The number of rotatable bonds is 8. The van der Waals surface area contributed by atoms with Gasteiger partial charge in [0.1, 0.15) is 0 Å². The van der Waals surface area contributed by atoms with E-state index >= 15 is 0 Å². The molecule has 1 aromatic rings. The Labute approximate surface area is 139 Å². The average molecular weight is 319 g/mol. The molecule has 23 heavy (non-hydrogen) atoms. The fourth-order valence-corrected chi connectivity index (χ4v) is 2.03. The van der Waals surface area contributed by atoms with Crippen molar-refractivity contribution >= 4 is 17.5 Å². The highest BCUT2D eigenvalue weighted by Gasteiger charge is 2.18. The Kier molecular flexibility index (Phi) is 7.75. The lowest BCUT2D eigenvalue weighted by molar-refractivity contribution is -0.123. The molecule has 0 aliphatic rings. The Bertz CT molecular complexity index is 531. The first kappa shape index (κ1) is 19.2. The average Bonchev–Trinajstić information content (AvgIpc) is 2.57. The molecule has 4 N–H and O–H groups in total. The summed E-state index contributed by atoms with van der Waals surface area (Å²) in [6, 6.07) is 7.00. The Morgan fingerprint density at radius 3 is 2.43 bits per heavy atom. The Morgan fingerprint density at radius 1 is 1.13 bits per heavy atom. The lowest BCUT2D eigenvalue weighted by Gasteiger charge is -2.18. The molecule has 5 heteroatoms. The van der Waals surface area contributed by atoms with Crippen molar-refractivity contribution in [3.8, 4) is 0 Å². The zero-order valence-corrected chi connectivity index (χ0v) is 14.6. The van der Waals surface area contributed by atoms with Crippen LogP contribution in [-0.4, -0.2) is 17.9 Å². The molecular weight excluding hydrogens is 290 g/mol. The lowest BCUT2D eigenvalue weighted by Crippen LogP contribution is -2.44. The lowest BCUT2D eigenvalue weighted by atomic mass is 9.99. The first-order valence-corrected chi connectivity index (χ1v) is 8.32. The summed E-state index contributed by atoms with van der Waals surface area (Å²) in [7, 11) is 0. The van der Waals surface area contributed by atoms with Crippen LogP contribution in [0.3, 0.4) is 0 Å². The molecule has 128 valence electrons. The van der Waals surface area contributed by atoms with Crippen LogP contribution in [0.25, 0.3) is 0 Å². The highest BCUT2D eigenvalue weighted by Crippen LogP contribution is 2.13. The van der Waals surface area contributed by atoms with Crippen LogP contribution < -0.4 is 16.4 Å². The third-order valence-corrected chi connectivity index (χ3v) is 4.28. The largest absolute Gasteiger partial charge is 0.351 e. The van der Waals surface area contributed by atoms with Gasteiger partial charge in [0.2, 0.25) is 11.8 Å². The Morgan fingerprint density at radius 2 is 1.83 bits per heavy atom. The topological polar surface area (TPSA) is 84.2 Å². The molecule has 0 fully saturated rings. The second-order valence-electron chi connectivity index (χ2n) is 6.13. The molecular formula is C18H29N3O2. The standard InChI is InChI=1S/C18H29N3O2/c1-5-12(3)16(19)18(23)20-11-14-8-7-9-15(10-14)21-17(22)13(4)6-2/h7-10,12-13,16H,5-6,11,19H2,1-4H3,(H,20,23)(H,21,22). The smallest absolute Gasteiger partial charge is 0.237 e. The highest BCUT2D eigenvalue weighted by molar-refractivity contribution is 5.92. The molecule has 1 rings (SSSR count). The molecule has 5 nitrogen and oxygen atoms in total. The predicted molar refractivity (Wildman–Crippen MR) is 93.8 cm³/mol. The molecule has 1 aromatic carbocycles. The van der Waals surface area contributed by atoms with Crippen molar-refractivity contribution in [3.05, 3.63) is 29.8 Å². The first-order chi connectivity index (χ1) is 10.9. The number of amides is 2. The number of benzene rings is 1. The Hall–Kier alpha value is -1.88. The van der Waals surface area contributed by atoms with Gasteiger partial charge in [-0.1, -0.05) is 46.2 Å². The third-order valence-electron chi connectivity index (χ3n) is 4.28. The van der Waals surface area contributed by atoms with Gasteiger partial charge in [0, 0.05) is 18.2 Å². The van der Waals surface area contributed by atoms with Crippen LogP contribution in [0, 0.1) is 11.8 Å². The van der Waals surface area contributed by atoms with Gasteiger partial charge in [-0.25, -0.2) is 0 Å². The number of nitrogens with one attached hydrogen (secondary N) is 2. The van der Waals surface area contributed by atoms with Crippen LogP contribution >= 0.6 is 0 Å². The summed E-state index contributed by atoms with van der Waals surface area (Å²) in [5.74, 6) is -0.0103. The molecule has 0 saturated carbocycles. The van der Waals surface area contributed by atoms with Crippen molar-refractivity contribution in [1.82, 2.24) is 5.32 Å². The summed E-state index contributed by atoms with van der Waals surface area (Å²) in [4.78, 5) is 23.9. The first-order valence-electron chi connectivity index (χ1n) is 8.32. The summed E-state index contributed by atoms with van der Waals surface area (Å²) >= 11 is 0. The normalized spacial score (nSPS) is 14.7. The van der Waals surface area contributed by atoms with Gasteiger partial charge in [0.25, 0.3) is 0 Å². The molecule has 0 spiro atoms. The van der Waals surface area contributed by atoms with Gasteiger partial charge >= 0.3 is 0 Å². The summed E-state index contributed by atoms with van der Waals surface area (Å²) in [6.45, 7) is 8.26. The van der Waals surface area contributed by atoms with Crippen molar-refractivity contribution in [1.29, 1.82) is 0 Å². The summed E-state index contributed by atoms with van der Waals surface area (Å²) in [5.41, 5.74) is 7.58. The van der Waals surface area contributed by atoms with E-state index in [1.54, 1.807) is 0 Å². The minimum Gasteiger partial charge on any atom is -0.351 e. The van der Waals surface area contributed by atoms with E-state index in [-0.39, 0.29) is 23.7 Å². The number of anilines is 1. The number of hydrogen-bond acceptors (Lipinski definition) is 3. The predicted octanol–water partition coefficient (Wildman–Crippen LogP) is 2.66. The Balaban J connectivity index is 2.60. The monoisotopic (exact) mass is 319 g/mol. The molecule has 0 saturated heterocycles. The summed E-state index contributed by atoms with van der Waals surface area (Å²) in [6.07, 6.45) is 1.67. The molecule has 0 heterocycles. The number of carbonyl (C=O) groups is 2. The van der Waals surface area contributed by atoms with Gasteiger partial charge in [-0.05, 0) is 30.0 Å². The highest BCUT2D eigenvalue weighted by atomic mass is 16.2. The summed E-state index contributed by atoms with van der Waals surface area (Å²) in [5, 5.41) is 5.75. The fourth-order valence-electron chi connectivity index (χ4n) is 2.03. The van der Waals surface area contributed by atoms with E-state index < -0.39 is 6.04 Å². The molecule has 0 aliphatic heterocycles. The van der Waals surface area contributed by atoms with Crippen molar-refractivity contribution < 1.29 is 9.59 Å². The number of nitrogens with two attached hydrogens (primary N) is 1. The maximum absolute atomic E-state index is 12.0. The van der Waals surface area contributed by atoms with E-state index in [1.165, 1.54) is 0 Å². The molecule has 0 aromatic heterocycles. The maximum atomic E-state index is 12.0. The van der Waals surface area contributed by atoms with Crippen molar-refractivity contribution in [3.63, 3.8) is 0 Å². The maximum Gasteiger partial charge on any atom is 0.237 e. The van der Waals surface area contributed by atoms with Gasteiger partial charge in [-0.3, -0.25) is 9.59 Å². The zero-order chi connectivity index (χ0) is 17.4. The molecule has 2 amide bonds. The third kappa shape index (κ3) is 6.02. The molecule has 0 radical (unpaired) electrons. The number of carbonyl (C=O) groups excluding carboxylic acids is 2. The van der Waals surface area contributed by atoms with Gasteiger partial charge in [-0.15, -0.1) is 0 Å². The van der Waals surface area contributed by atoms with Gasteiger partial charge < -0.3 is 16.4 Å². The molecule has 3 atom stereocenters. The minimum atomic E-state index is -0.492. The second kappa shape index (κ2) is 9.30. The molecule has 3 unspecified atom stereocenters. The van der Waals surface area contributed by atoms with Crippen molar-refractivity contribution in [2.75, 3.05) is 5.32 Å². The van der Waals surface area contributed by atoms with Gasteiger partial charge in [-0.2, -0.15) is 0 Å². The molecule has 0 bridgehead atoms. The quantitative estimate of drug-likeness (QED) is 0.688. The van der Waals surface area contributed by atoms with Gasteiger partial charge in [0.05, 0.1) is 6.04 Å². The van der Waals surface area contributed by atoms with Crippen LogP contribution in [0.1, 0.15) is 46.1 Å². The van der Waals surface area contributed by atoms with Crippen LogP contribution in [0.4, 0.5) is 5.69 Å². The van der Waals surface area contributed by atoms with Crippen molar-refractivity contribution in [2.24, 2.45) is 17.6 Å². The van der Waals surface area contributed by atoms with E-state index in [0.717, 1.165) is 24.1 Å². The molecule has 0 aliphatic carbocycles. The van der Waals surface area contributed by atoms with Crippen LogP contribution in [0.15, 0.2) is 24.3 Å². The summed E-state index contributed by atoms with van der Waals surface area (Å²) < 4.78 is 0. The van der Waals surface area contributed by atoms with E-state index in [2.05, 4.69) is 10.6 Å². The van der Waals surface area contributed by atoms with Crippen molar-refractivity contribution in [2.45, 2.75) is 53.1 Å². The number of hydrogen-bond donors (Lipinski definition) is 3. The van der Waals surface area contributed by atoms with E-state index in [0.29, 0.717) is 6.54 Å². The van der Waals surface area contributed by atoms with Crippen LogP contribution in [0.2, 0.25) is 0 Å². The van der Waals surface area contributed by atoms with E-state index in [9.17, 15) is 9.59 Å². The SMILES string of the molecule is CCC(C)C(=O)Nc1cccc(CNC(=O)C(N)C(C)CC)c1. The minimum absolute atomic E-state index is 0.00692. The van der Waals surface area contributed by atoms with E-state index in [4.69, 9.17) is 5.73 Å². The van der Waals surface area contributed by atoms with Crippen LogP contribution in [0.5, 0.6) is 0 Å². The van der Waals surface area contributed by atoms with E-state index in [1.807, 2.05) is 52.0 Å². The van der Waals surface area contributed by atoms with Crippen LogP contribution in [-0.2, 0) is 16.1 Å². The second-order valence-corrected chi connectivity index (χ2v) is 6.13. The fraction of sp³-hybridized carbons (Fsp3) is 0.556. The van der Waals surface area contributed by atoms with Gasteiger partial charge in [0.15, 0.2) is 0 Å².